The number of hydrogen-bond donors (Lipinski definition) is 0. The van der Waals surface area contributed by atoms with E-state index >= 15 is 0 Å². The summed E-state index contributed by atoms with van der Waals surface area (Å²) in [6, 6.07) is 62.2. The molecule has 0 amide bonds. The first-order valence-corrected chi connectivity index (χ1v) is 14.9. The summed E-state index contributed by atoms with van der Waals surface area (Å²) in [6.07, 6.45) is 0. The highest BCUT2D eigenvalue weighted by Crippen LogP contribution is 2.41. The van der Waals surface area contributed by atoms with Crippen molar-refractivity contribution >= 4 is 38.8 Å². The van der Waals surface area contributed by atoms with Crippen molar-refractivity contribution in [3.8, 4) is 33.6 Å². The predicted molar refractivity (Wildman–Crippen MR) is 185 cm³/mol. The number of rotatable bonds is 6. The molecule has 1 heterocycles. The van der Waals surface area contributed by atoms with E-state index in [9.17, 15) is 0 Å². The third-order valence-electron chi connectivity index (χ3n) is 8.25. The van der Waals surface area contributed by atoms with Crippen molar-refractivity contribution in [3.05, 3.63) is 176 Å². The van der Waals surface area contributed by atoms with Crippen LogP contribution in [0.2, 0.25) is 0 Å². The molecule has 8 rings (SSSR count). The van der Waals surface area contributed by atoms with Gasteiger partial charge in [-0.25, -0.2) is 0 Å². The van der Waals surface area contributed by atoms with Gasteiger partial charge in [-0.05, 0) is 76.2 Å². The number of benzene rings is 7. The number of nitrogens with zero attached hydrogens (tertiary/aromatic N) is 1. The van der Waals surface area contributed by atoms with Gasteiger partial charge in [0.15, 0.2) is 0 Å². The van der Waals surface area contributed by atoms with Crippen LogP contribution in [-0.4, -0.2) is 0 Å². The summed E-state index contributed by atoms with van der Waals surface area (Å²) >= 11 is 0. The standard InChI is InChI=1S/C42H29NO/c1-2-11-30(12-3-1)34-17-9-19-38(28-34)43(40-21-10-15-32-13-4-6-20-39(32)40)37-25-23-31(24-26-37)33-16-8-18-35(27-33)42-29-36-14-5-7-22-41(36)44-42/h1-29H. The fourth-order valence-corrected chi connectivity index (χ4v) is 6.06. The molecule has 0 saturated heterocycles. The summed E-state index contributed by atoms with van der Waals surface area (Å²) in [5.41, 5.74) is 10.0. The van der Waals surface area contributed by atoms with Crippen molar-refractivity contribution in [3.63, 3.8) is 0 Å². The topological polar surface area (TPSA) is 16.4 Å². The van der Waals surface area contributed by atoms with Crippen LogP contribution in [0.5, 0.6) is 0 Å². The molecule has 1 aromatic heterocycles. The summed E-state index contributed by atoms with van der Waals surface area (Å²) in [5.74, 6) is 0.880. The van der Waals surface area contributed by atoms with Crippen LogP contribution in [0, 0.1) is 0 Å². The fraction of sp³-hybridized carbons (Fsp3) is 0. The zero-order valence-electron chi connectivity index (χ0n) is 24.1. The molecule has 2 heteroatoms. The molecule has 44 heavy (non-hydrogen) atoms. The number of hydrogen-bond acceptors (Lipinski definition) is 2. The first kappa shape index (κ1) is 25.8. The van der Waals surface area contributed by atoms with Crippen molar-refractivity contribution < 1.29 is 4.42 Å². The number of para-hydroxylation sites is 1. The molecule has 0 radical (unpaired) electrons. The zero-order chi connectivity index (χ0) is 29.3. The summed E-state index contributed by atoms with van der Waals surface area (Å²) in [7, 11) is 0. The molecule has 0 saturated carbocycles. The molecule has 208 valence electrons. The van der Waals surface area contributed by atoms with E-state index in [2.05, 4.69) is 163 Å². The van der Waals surface area contributed by atoms with E-state index in [-0.39, 0.29) is 0 Å². The quantitative estimate of drug-likeness (QED) is 0.200. The summed E-state index contributed by atoms with van der Waals surface area (Å²) in [6.45, 7) is 0. The van der Waals surface area contributed by atoms with Crippen LogP contribution in [0.4, 0.5) is 17.1 Å². The third kappa shape index (κ3) is 4.83. The molecule has 0 aliphatic heterocycles. The minimum Gasteiger partial charge on any atom is -0.456 e. The van der Waals surface area contributed by atoms with Gasteiger partial charge in [-0.3, -0.25) is 0 Å². The van der Waals surface area contributed by atoms with Crippen LogP contribution in [0.3, 0.4) is 0 Å². The average molecular weight is 564 g/mol. The molecular formula is C42H29NO. The zero-order valence-corrected chi connectivity index (χ0v) is 24.1. The molecule has 0 spiro atoms. The van der Waals surface area contributed by atoms with Gasteiger partial charge < -0.3 is 9.32 Å². The largest absolute Gasteiger partial charge is 0.456 e. The Morgan fingerprint density at radius 1 is 0.364 bits per heavy atom. The van der Waals surface area contributed by atoms with Crippen LogP contribution in [-0.2, 0) is 0 Å². The maximum atomic E-state index is 6.16. The Kier molecular flexibility index (Phi) is 6.51. The first-order chi connectivity index (χ1) is 21.8. The fourth-order valence-electron chi connectivity index (χ4n) is 6.06. The Morgan fingerprint density at radius 2 is 0.977 bits per heavy atom. The molecule has 7 aromatic carbocycles. The Morgan fingerprint density at radius 3 is 1.82 bits per heavy atom. The van der Waals surface area contributed by atoms with Crippen LogP contribution in [0.25, 0.3) is 55.3 Å². The van der Waals surface area contributed by atoms with E-state index in [4.69, 9.17) is 4.42 Å². The maximum absolute atomic E-state index is 6.16. The Bertz CT molecular complexity index is 2190. The third-order valence-corrected chi connectivity index (χ3v) is 8.25. The van der Waals surface area contributed by atoms with Gasteiger partial charge in [-0.15, -0.1) is 0 Å². The smallest absolute Gasteiger partial charge is 0.135 e. The molecule has 0 N–H and O–H groups in total. The summed E-state index contributed by atoms with van der Waals surface area (Å²) in [4.78, 5) is 2.36. The van der Waals surface area contributed by atoms with Gasteiger partial charge in [0.1, 0.15) is 11.3 Å². The molecular weight excluding hydrogens is 534 g/mol. The molecule has 0 atom stereocenters. The van der Waals surface area contributed by atoms with E-state index in [0.29, 0.717) is 0 Å². The minimum atomic E-state index is 0.880. The van der Waals surface area contributed by atoms with Crippen LogP contribution < -0.4 is 4.90 Å². The van der Waals surface area contributed by atoms with Gasteiger partial charge in [-0.2, -0.15) is 0 Å². The molecule has 0 fully saturated rings. The van der Waals surface area contributed by atoms with Crippen LogP contribution >= 0.6 is 0 Å². The predicted octanol–water partition coefficient (Wildman–Crippen LogP) is 12.1. The number of furan rings is 1. The van der Waals surface area contributed by atoms with Gasteiger partial charge in [0.2, 0.25) is 0 Å². The van der Waals surface area contributed by atoms with Crippen LogP contribution in [0.15, 0.2) is 180 Å². The van der Waals surface area contributed by atoms with Gasteiger partial charge in [0, 0.05) is 27.7 Å². The second-order valence-corrected chi connectivity index (χ2v) is 11.0. The Hall–Kier alpha value is -5.86. The van der Waals surface area contributed by atoms with E-state index < -0.39 is 0 Å². The van der Waals surface area contributed by atoms with Gasteiger partial charge in [-0.1, -0.05) is 127 Å². The highest BCUT2D eigenvalue weighted by atomic mass is 16.3. The lowest BCUT2D eigenvalue weighted by atomic mass is 10.0. The van der Waals surface area contributed by atoms with Crippen molar-refractivity contribution in [1.29, 1.82) is 0 Å². The molecule has 0 aliphatic carbocycles. The normalized spacial score (nSPS) is 11.2. The SMILES string of the molecule is c1ccc(-c2cccc(N(c3ccc(-c4cccc(-c5cc6ccccc6o5)c4)cc3)c3cccc4ccccc34)c2)cc1. The average Bonchev–Trinajstić information content (AvgIpc) is 3.54. The number of fused-ring (bicyclic) bond motifs is 2. The van der Waals surface area contributed by atoms with E-state index in [1.54, 1.807) is 0 Å². The second-order valence-electron chi connectivity index (χ2n) is 11.0. The lowest BCUT2D eigenvalue weighted by Crippen LogP contribution is -2.10. The maximum Gasteiger partial charge on any atom is 0.135 e. The minimum absolute atomic E-state index is 0.880. The Labute approximate surface area is 257 Å². The molecule has 0 unspecified atom stereocenters. The molecule has 0 bridgehead atoms. The molecule has 8 aromatic rings. The van der Waals surface area contributed by atoms with E-state index in [1.807, 2.05) is 18.2 Å². The molecule has 0 aliphatic rings. The first-order valence-electron chi connectivity index (χ1n) is 14.9. The molecule has 2 nitrogen and oxygen atoms in total. The Balaban J connectivity index is 1.21. The van der Waals surface area contributed by atoms with Gasteiger partial charge >= 0.3 is 0 Å². The lowest BCUT2D eigenvalue weighted by molar-refractivity contribution is 0.631. The van der Waals surface area contributed by atoms with Gasteiger partial charge in [0.05, 0.1) is 5.69 Å². The van der Waals surface area contributed by atoms with Crippen molar-refractivity contribution in [2.45, 2.75) is 0 Å². The monoisotopic (exact) mass is 563 g/mol. The van der Waals surface area contributed by atoms with E-state index in [0.717, 1.165) is 50.5 Å². The number of anilines is 3. The highest BCUT2D eigenvalue weighted by Gasteiger charge is 2.16. The summed E-state index contributed by atoms with van der Waals surface area (Å²) in [5, 5.41) is 3.54. The van der Waals surface area contributed by atoms with E-state index in [1.165, 1.54) is 21.9 Å². The van der Waals surface area contributed by atoms with Crippen molar-refractivity contribution in [2.24, 2.45) is 0 Å². The summed E-state index contributed by atoms with van der Waals surface area (Å²) < 4.78 is 6.16. The van der Waals surface area contributed by atoms with Gasteiger partial charge in [0.25, 0.3) is 0 Å². The van der Waals surface area contributed by atoms with Crippen LogP contribution in [0.1, 0.15) is 0 Å². The highest BCUT2D eigenvalue weighted by molar-refractivity contribution is 5.99. The lowest BCUT2D eigenvalue weighted by Gasteiger charge is -2.27. The van der Waals surface area contributed by atoms with Crippen molar-refractivity contribution in [2.75, 3.05) is 4.90 Å². The van der Waals surface area contributed by atoms with Crippen molar-refractivity contribution in [1.82, 2.24) is 0 Å². The second kappa shape index (κ2) is 11.1.